The third-order valence-electron chi connectivity index (χ3n) is 4.02. The van der Waals surface area contributed by atoms with E-state index in [4.69, 9.17) is 0 Å². The van der Waals surface area contributed by atoms with Gasteiger partial charge in [-0.05, 0) is 43.3 Å². The zero-order chi connectivity index (χ0) is 21.3. The van der Waals surface area contributed by atoms with Gasteiger partial charge in [-0.2, -0.15) is 18.2 Å². The number of aliphatic carboxylic acids is 1. The monoisotopic (exact) mass is 422 g/mol. The Morgan fingerprint density at radius 1 is 1.10 bits per heavy atom. The van der Waals surface area contributed by atoms with Crippen LogP contribution in [0.2, 0.25) is 0 Å². The molecule has 1 heterocycles. The first-order valence-electron chi connectivity index (χ1n) is 8.18. The number of carboxylic acid groups (broad SMARTS) is 1. The average molecular weight is 422 g/mol. The Morgan fingerprint density at radius 3 is 2.45 bits per heavy atom. The van der Waals surface area contributed by atoms with E-state index in [1.165, 1.54) is 23.6 Å². The Labute approximate surface area is 165 Å². The van der Waals surface area contributed by atoms with Crippen LogP contribution in [0, 0.1) is 0 Å². The number of rotatable bonds is 4. The highest BCUT2D eigenvalue weighted by molar-refractivity contribution is 7.16. The molecule has 0 aliphatic rings. The summed E-state index contributed by atoms with van der Waals surface area (Å²) in [6, 6.07) is 8.47. The molecule has 0 aliphatic carbocycles. The van der Waals surface area contributed by atoms with Crippen LogP contribution in [0.25, 0.3) is 10.2 Å². The number of fused-ring (bicyclic) bond motifs is 1. The number of amides is 1. The number of Topliss-reactive ketones (excluding diaryl/α,β-unsaturated/α-hetero) is 1. The van der Waals surface area contributed by atoms with Crippen molar-refractivity contribution in [1.29, 1.82) is 0 Å². The molecule has 6 nitrogen and oxygen atoms in total. The molecule has 0 fully saturated rings. The first kappa shape index (κ1) is 20.5. The molecule has 0 saturated heterocycles. The number of alkyl halides is 3. The minimum Gasteiger partial charge on any atom is -0.480 e. The van der Waals surface area contributed by atoms with Gasteiger partial charge in [-0.1, -0.05) is 17.4 Å². The molecule has 3 aromatic rings. The van der Waals surface area contributed by atoms with E-state index in [1.807, 2.05) is 0 Å². The van der Waals surface area contributed by atoms with E-state index in [9.17, 15) is 32.7 Å². The van der Waals surface area contributed by atoms with Crippen molar-refractivity contribution in [3.8, 4) is 0 Å². The van der Waals surface area contributed by atoms with Crippen molar-refractivity contribution in [1.82, 2.24) is 4.57 Å². The molecule has 0 saturated carbocycles. The minimum atomic E-state index is -4.61. The van der Waals surface area contributed by atoms with Crippen LogP contribution >= 0.6 is 11.3 Å². The smallest absolute Gasteiger partial charge is 0.416 e. The summed E-state index contributed by atoms with van der Waals surface area (Å²) < 4.78 is 40.4. The molecule has 0 aliphatic heterocycles. The molecule has 1 aromatic heterocycles. The summed E-state index contributed by atoms with van der Waals surface area (Å²) in [5.41, 5.74) is -0.520. The van der Waals surface area contributed by atoms with Gasteiger partial charge < -0.3 is 9.67 Å². The summed E-state index contributed by atoms with van der Waals surface area (Å²) in [6.45, 7) is 0.827. The van der Waals surface area contributed by atoms with Crippen LogP contribution in [0.4, 0.5) is 13.2 Å². The van der Waals surface area contributed by atoms with Gasteiger partial charge in [0, 0.05) is 11.1 Å². The van der Waals surface area contributed by atoms with E-state index in [2.05, 4.69) is 4.99 Å². The number of ketones is 1. The standard InChI is InChI=1S/C19H13F3N2O4S/c1-10(25)11-5-6-15-14(8-11)24(9-16(26)27)18(29-15)23-17(28)12-3-2-4-13(7-12)19(20,21)22/h2-8H,9H2,1H3,(H,26,27)/b23-18-. The minimum absolute atomic E-state index is 0.00511. The molecule has 1 amide bonds. The highest BCUT2D eigenvalue weighted by Crippen LogP contribution is 2.29. The normalized spacial score (nSPS) is 12.3. The molecular formula is C19H13F3N2O4S. The first-order valence-corrected chi connectivity index (χ1v) is 9.00. The molecule has 0 spiro atoms. The van der Waals surface area contributed by atoms with E-state index in [-0.39, 0.29) is 16.1 Å². The molecule has 1 N–H and O–H groups in total. The Balaban J connectivity index is 2.15. The van der Waals surface area contributed by atoms with E-state index >= 15 is 0 Å². The van der Waals surface area contributed by atoms with E-state index in [0.29, 0.717) is 21.8 Å². The van der Waals surface area contributed by atoms with Crippen LogP contribution < -0.4 is 4.80 Å². The number of nitrogens with zero attached hydrogens (tertiary/aromatic N) is 2. The molecule has 2 aromatic carbocycles. The number of hydrogen-bond donors (Lipinski definition) is 1. The average Bonchev–Trinajstić information content (AvgIpc) is 2.97. The fourth-order valence-electron chi connectivity index (χ4n) is 2.64. The molecule has 3 rings (SSSR count). The second kappa shape index (κ2) is 7.63. The first-order chi connectivity index (χ1) is 13.6. The van der Waals surface area contributed by atoms with Crippen LogP contribution in [0.15, 0.2) is 47.5 Å². The lowest BCUT2D eigenvalue weighted by Gasteiger charge is -2.06. The fraction of sp³-hybridized carbons (Fsp3) is 0.158. The van der Waals surface area contributed by atoms with Crippen molar-refractivity contribution in [2.75, 3.05) is 0 Å². The maximum atomic E-state index is 12.9. The predicted octanol–water partition coefficient (Wildman–Crippen LogP) is 3.75. The van der Waals surface area contributed by atoms with E-state index in [1.54, 1.807) is 12.1 Å². The maximum absolute atomic E-state index is 12.9. The lowest BCUT2D eigenvalue weighted by atomic mass is 10.1. The number of carbonyl (C=O) groups is 3. The van der Waals surface area contributed by atoms with Crippen molar-refractivity contribution < 1.29 is 32.7 Å². The van der Waals surface area contributed by atoms with Crippen LogP contribution in [0.3, 0.4) is 0 Å². The predicted molar refractivity (Wildman–Crippen MR) is 98.8 cm³/mol. The van der Waals surface area contributed by atoms with Gasteiger partial charge in [-0.15, -0.1) is 0 Å². The number of hydrogen-bond acceptors (Lipinski definition) is 4. The highest BCUT2D eigenvalue weighted by atomic mass is 32.1. The van der Waals surface area contributed by atoms with Gasteiger partial charge in [0.1, 0.15) is 6.54 Å². The van der Waals surface area contributed by atoms with Gasteiger partial charge >= 0.3 is 12.1 Å². The summed E-state index contributed by atoms with van der Waals surface area (Å²) in [4.78, 5) is 39.2. The summed E-state index contributed by atoms with van der Waals surface area (Å²) in [6.07, 6.45) is -4.61. The number of benzene rings is 2. The van der Waals surface area contributed by atoms with E-state index in [0.717, 1.165) is 23.5 Å². The summed E-state index contributed by atoms with van der Waals surface area (Å²) in [5.74, 6) is -2.36. The second-order valence-corrected chi connectivity index (χ2v) is 7.11. The Morgan fingerprint density at radius 2 is 1.83 bits per heavy atom. The SMILES string of the molecule is CC(=O)c1ccc2s/c(=N\C(=O)c3cccc(C(F)(F)F)c3)n(CC(=O)O)c2c1. The van der Waals surface area contributed by atoms with Gasteiger partial charge in [0.2, 0.25) is 0 Å². The molecular weight excluding hydrogens is 409 g/mol. The molecule has 0 bridgehead atoms. The van der Waals surface area contributed by atoms with Crippen molar-refractivity contribution in [2.24, 2.45) is 4.99 Å². The zero-order valence-corrected chi connectivity index (χ0v) is 15.7. The van der Waals surface area contributed by atoms with Crippen LogP contribution in [0.1, 0.15) is 33.2 Å². The fourth-order valence-corrected chi connectivity index (χ4v) is 3.65. The Kier molecular flexibility index (Phi) is 5.38. The third kappa shape index (κ3) is 4.43. The molecule has 29 heavy (non-hydrogen) atoms. The number of thiazole rings is 1. The number of carboxylic acids is 1. The van der Waals surface area contributed by atoms with E-state index < -0.39 is 30.2 Å². The molecule has 0 atom stereocenters. The molecule has 0 unspecified atom stereocenters. The summed E-state index contributed by atoms with van der Waals surface area (Å²) in [5, 5.41) is 9.19. The quantitative estimate of drug-likeness (QED) is 0.649. The van der Waals surface area contributed by atoms with Crippen LogP contribution in [-0.4, -0.2) is 27.3 Å². The number of aromatic nitrogens is 1. The Bertz CT molecular complexity index is 1210. The zero-order valence-electron chi connectivity index (χ0n) is 14.9. The topological polar surface area (TPSA) is 88.7 Å². The van der Waals surface area contributed by atoms with Gasteiger partial charge in [-0.25, -0.2) is 0 Å². The van der Waals surface area contributed by atoms with Crippen LogP contribution in [0.5, 0.6) is 0 Å². The molecule has 0 radical (unpaired) electrons. The Hall–Kier alpha value is -3.27. The van der Waals surface area contributed by atoms with Crippen LogP contribution in [-0.2, 0) is 17.5 Å². The second-order valence-electron chi connectivity index (χ2n) is 6.10. The van der Waals surface area contributed by atoms with Gasteiger partial charge in [0.25, 0.3) is 5.91 Å². The summed E-state index contributed by atoms with van der Waals surface area (Å²) in [7, 11) is 0. The molecule has 10 heteroatoms. The van der Waals surface area contributed by atoms with Crippen molar-refractivity contribution in [3.05, 3.63) is 64.0 Å². The number of carbonyl (C=O) groups excluding carboxylic acids is 2. The number of halogens is 3. The largest absolute Gasteiger partial charge is 0.480 e. The lowest BCUT2D eigenvalue weighted by molar-refractivity contribution is -0.138. The van der Waals surface area contributed by atoms with Gasteiger partial charge in [0.05, 0.1) is 15.8 Å². The van der Waals surface area contributed by atoms with Crippen molar-refractivity contribution in [2.45, 2.75) is 19.6 Å². The van der Waals surface area contributed by atoms with Gasteiger partial charge in [0.15, 0.2) is 10.6 Å². The maximum Gasteiger partial charge on any atom is 0.416 e. The third-order valence-corrected chi connectivity index (χ3v) is 5.08. The summed E-state index contributed by atoms with van der Waals surface area (Å²) >= 11 is 0.998. The van der Waals surface area contributed by atoms with Crippen molar-refractivity contribution >= 4 is 39.2 Å². The van der Waals surface area contributed by atoms with Gasteiger partial charge in [-0.3, -0.25) is 14.4 Å². The highest BCUT2D eigenvalue weighted by Gasteiger charge is 2.30. The molecule has 150 valence electrons. The van der Waals surface area contributed by atoms with Crippen molar-refractivity contribution in [3.63, 3.8) is 0 Å². The lowest BCUT2D eigenvalue weighted by Crippen LogP contribution is -2.21.